The average molecular weight is 360 g/mol. The first-order valence-corrected chi connectivity index (χ1v) is 8.08. The van der Waals surface area contributed by atoms with Crippen molar-refractivity contribution >= 4 is 11.6 Å². The summed E-state index contributed by atoms with van der Waals surface area (Å²) >= 11 is 0. The maximum atomic E-state index is 12.9. The molecule has 7 nitrogen and oxygen atoms in total. The molecule has 0 fully saturated rings. The summed E-state index contributed by atoms with van der Waals surface area (Å²) in [5, 5.41) is 17.2. The van der Waals surface area contributed by atoms with Crippen LogP contribution in [-0.2, 0) is 6.54 Å². The van der Waals surface area contributed by atoms with Crippen LogP contribution < -0.4 is 15.4 Å². The fraction of sp³-hybridized carbons (Fsp3) is 0.278. The molecule has 0 spiro atoms. The van der Waals surface area contributed by atoms with Crippen molar-refractivity contribution in [2.75, 3.05) is 13.6 Å². The maximum absolute atomic E-state index is 12.9. The van der Waals surface area contributed by atoms with E-state index in [1.165, 1.54) is 18.2 Å². The number of hydrogen-bond acceptors (Lipinski definition) is 4. The summed E-state index contributed by atoms with van der Waals surface area (Å²) in [7, 11) is 1.61. The van der Waals surface area contributed by atoms with Gasteiger partial charge in [0.1, 0.15) is 17.7 Å². The lowest BCUT2D eigenvalue weighted by molar-refractivity contribution is -0.385. The molecule has 1 unspecified atom stereocenters. The molecule has 26 heavy (non-hydrogen) atoms. The van der Waals surface area contributed by atoms with Crippen molar-refractivity contribution in [2.24, 2.45) is 4.99 Å². The minimum Gasteiger partial charge on any atom is -0.489 e. The number of ether oxygens (including phenoxy) is 1. The quantitative estimate of drug-likeness (QED) is 0.343. The van der Waals surface area contributed by atoms with Gasteiger partial charge in [-0.1, -0.05) is 18.2 Å². The Morgan fingerprint density at radius 1 is 1.23 bits per heavy atom. The number of nitro benzene ring substituents is 1. The molecule has 0 bridgehead atoms. The third kappa shape index (κ3) is 5.73. The van der Waals surface area contributed by atoms with Gasteiger partial charge in [0.25, 0.3) is 5.69 Å². The van der Waals surface area contributed by atoms with Crippen LogP contribution in [-0.4, -0.2) is 30.6 Å². The number of halogens is 1. The van der Waals surface area contributed by atoms with Gasteiger partial charge in [-0.2, -0.15) is 0 Å². The van der Waals surface area contributed by atoms with Gasteiger partial charge in [0.15, 0.2) is 5.96 Å². The second-order valence-electron chi connectivity index (χ2n) is 5.57. The summed E-state index contributed by atoms with van der Waals surface area (Å²) in [5.41, 5.74) is 0.625. The fourth-order valence-electron chi connectivity index (χ4n) is 2.27. The number of hydrogen-bond donors (Lipinski definition) is 2. The average Bonchev–Trinajstić information content (AvgIpc) is 2.64. The molecule has 8 heteroatoms. The van der Waals surface area contributed by atoms with Crippen LogP contribution in [0.1, 0.15) is 12.5 Å². The molecule has 0 saturated heterocycles. The van der Waals surface area contributed by atoms with E-state index in [1.54, 1.807) is 37.4 Å². The highest BCUT2D eigenvalue weighted by molar-refractivity contribution is 5.79. The lowest BCUT2D eigenvalue weighted by Crippen LogP contribution is -2.41. The van der Waals surface area contributed by atoms with Gasteiger partial charge >= 0.3 is 0 Å². The van der Waals surface area contributed by atoms with Gasteiger partial charge in [-0.15, -0.1) is 0 Å². The van der Waals surface area contributed by atoms with E-state index in [-0.39, 0.29) is 24.2 Å². The Kier molecular flexibility index (Phi) is 6.90. The van der Waals surface area contributed by atoms with Crippen LogP contribution in [0.25, 0.3) is 0 Å². The van der Waals surface area contributed by atoms with Crippen molar-refractivity contribution in [3.8, 4) is 5.75 Å². The number of rotatable bonds is 7. The van der Waals surface area contributed by atoms with Gasteiger partial charge in [-0.3, -0.25) is 15.1 Å². The summed E-state index contributed by atoms with van der Waals surface area (Å²) in [6.45, 7) is 2.59. The predicted octanol–water partition coefficient (Wildman–Crippen LogP) is 2.87. The number of nitrogens with one attached hydrogen (secondary N) is 2. The van der Waals surface area contributed by atoms with Crippen LogP contribution in [0.15, 0.2) is 53.5 Å². The lowest BCUT2D eigenvalue weighted by atomic mass is 10.2. The molecule has 2 N–H and O–H groups in total. The highest BCUT2D eigenvalue weighted by Gasteiger charge is 2.12. The van der Waals surface area contributed by atoms with Gasteiger partial charge < -0.3 is 15.4 Å². The van der Waals surface area contributed by atoms with Crippen LogP contribution in [0, 0.1) is 15.9 Å². The molecule has 1 atom stereocenters. The highest BCUT2D eigenvalue weighted by atomic mass is 19.1. The summed E-state index contributed by atoms with van der Waals surface area (Å²) in [4.78, 5) is 14.7. The largest absolute Gasteiger partial charge is 0.489 e. The number of benzene rings is 2. The zero-order valence-electron chi connectivity index (χ0n) is 14.6. The van der Waals surface area contributed by atoms with E-state index in [1.807, 2.05) is 6.92 Å². The highest BCUT2D eigenvalue weighted by Crippen LogP contribution is 2.17. The van der Waals surface area contributed by atoms with Crippen LogP contribution in [0.2, 0.25) is 0 Å². The van der Waals surface area contributed by atoms with E-state index < -0.39 is 4.92 Å². The van der Waals surface area contributed by atoms with Crippen molar-refractivity contribution in [1.82, 2.24) is 10.6 Å². The zero-order chi connectivity index (χ0) is 18.9. The summed E-state index contributed by atoms with van der Waals surface area (Å²) in [5.74, 6) is 0.754. The van der Waals surface area contributed by atoms with Crippen molar-refractivity contribution < 1.29 is 14.1 Å². The SMILES string of the molecule is CN=C(NCc1ccccc1[N+](=O)[O-])NCC(C)Oc1ccc(F)cc1. The monoisotopic (exact) mass is 360 g/mol. The molecule has 0 aliphatic carbocycles. The number of guanidine groups is 1. The molecule has 138 valence electrons. The van der Waals surface area contributed by atoms with E-state index >= 15 is 0 Å². The van der Waals surface area contributed by atoms with Gasteiger partial charge in [-0.05, 0) is 31.2 Å². The van der Waals surface area contributed by atoms with Crippen molar-refractivity contribution in [2.45, 2.75) is 19.6 Å². The normalized spacial score (nSPS) is 12.3. The topological polar surface area (TPSA) is 88.8 Å². The molecular formula is C18H21FN4O3. The Hall–Kier alpha value is -3.16. The molecular weight excluding hydrogens is 339 g/mol. The van der Waals surface area contributed by atoms with Crippen molar-refractivity contribution in [1.29, 1.82) is 0 Å². The fourth-order valence-corrected chi connectivity index (χ4v) is 2.27. The number of nitro groups is 1. The number of aliphatic imine (C=N–C) groups is 1. The van der Waals surface area contributed by atoms with E-state index in [9.17, 15) is 14.5 Å². The number of para-hydroxylation sites is 1. The molecule has 0 saturated carbocycles. The predicted molar refractivity (Wildman–Crippen MR) is 97.8 cm³/mol. The zero-order valence-corrected chi connectivity index (χ0v) is 14.6. The summed E-state index contributed by atoms with van der Waals surface area (Å²) in [6.07, 6.45) is -0.190. The van der Waals surface area contributed by atoms with Crippen LogP contribution in [0.3, 0.4) is 0 Å². The Balaban J connectivity index is 1.84. The summed E-state index contributed by atoms with van der Waals surface area (Å²) in [6, 6.07) is 12.3. The standard InChI is InChI=1S/C18H21FN4O3/c1-13(26-16-9-7-15(19)8-10-16)11-21-18(20-2)22-12-14-5-3-4-6-17(14)23(24)25/h3-10,13H,11-12H2,1-2H3,(H2,20,21,22). The minimum absolute atomic E-state index is 0.0588. The maximum Gasteiger partial charge on any atom is 0.274 e. The molecule has 2 aromatic carbocycles. The van der Waals surface area contributed by atoms with Gasteiger partial charge in [-0.25, -0.2) is 4.39 Å². The molecule has 0 aromatic heterocycles. The number of nitrogens with zero attached hydrogens (tertiary/aromatic N) is 2. The van der Waals surface area contributed by atoms with Crippen LogP contribution in [0.5, 0.6) is 5.75 Å². The van der Waals surface area contributed by atoms with E-state index in [0.717, 1.165) is 0 Å². The Labute approximate surface area is 151 Å². The third-order valence-electron chi connectivity index (χ3n) is 3.57. The first-order chi connectivity index (χ1) is 12.5. The second kappa shape index (κ2) is 9.36. The van der Waals surface area contributed by atoms with E-state index in [2.05, 4.69) is 15.6 Å². The van der Waals surface area contributed by atoms with Gasteiger partial charge in [0.2, 0.25) is 0 Å². The lowest BCUT2D eigenvalue weighted by Gasteiger charge is -2.17. The molecule has 2 aromatic rings. The first-order valence-electron chi connectivity index (χ1n) is 8.08. The van der Waals surface area contributed by atoms with Gasteiger partial charge in [0.05, 0.1) is 11.5 Å². The van der Waals surface area contributed by atoms with Crippen molar-refractivity contribution in [3.63, 3.8) is 0 Å². The van der Waals surface area contributed by atoms with E-state index in [0.29, 0.717) is 23.8 Å². The van der Waals surface area contributed by atoms with E-state index in [4.69, 9.17) is 4.74 Å². The van der Waals surface area contributed by atoms with Crippen molar-refractivity contribution in [3.05, 3.63) is 70.0 Å². The molecule has 2 rings (SSSR count). The van der Waals surface area contributed by atoms with Crippen LogP contribution in [0.4, 0.5) is 10.1 Å². The molecule has 0 radical (unpaired) electrons. The second-order valence-corrected chi connectivity index (χ2v) is 5.57. The Morgan fingerprint density at radius 3 is 2.58 bits per heavy atom. The molecule has 0 amide bonds. The van der Waals surface area contributed by atoms with Gasteiger partial charge in [0, 0.05) is 25.2 Å². The molecule has 0 heterocycles. The smallest absolute Gasteiger partial charge is 0.274 e. The van der Waals surface area contributed by atoms with Crippen LogP contribution >= 0.6 is 0 Å². The first kappa shape index (κ1) is 19.2. The molecule has 0 aliphatic rings. The minimum atomic E-state index is -0.411. The Bertz CT molecular complexity index is 765. The molecule has 0 aliphatic heterocycles. The summed E-state index contributed by atoms with van der Waals surface area (Å²) < 4.78 is 18.6. The Morgan fingerprint density at radius 2 is 1.92 bits per heavy atom. The third-order valence-corrected chi connectivity index (χ3v) is 3.57.